The lowest BCUT2D eigenvalue weighted by Crippen LogP contribution is -2.48. The van der Waals surface area contributed by atoms with Crippen LogP contribution in [0.2, 0.25) is 0 Å². The van der Waals surface area contributed by atoms with Gasteiger partial charge in [0.25, 0.3) is 0 Å². The monoisotopic (exact) mass is 292 g/mol. The SMILES string of the molecule is CCC(=O)NC1CCC(c2cccc(F)c2)(N(C)C)CC1. The van der Waals surface area contributed by atoms with Crippen LogP contribution in [0.5, 0.6) is 0 Å². The van der Waals surface area contributed by atoms with Crippen LogP contribution in [0.25, 0.3) is 0 Å². The summed E-state index contributed by atoms with van der Waals surface area (Å²) in [6.07, 6.45) is 4.25. The highest BCUT2D eigenvalue weighted by Gasteiger charge is 2.39. The highest BCUT2D eigenvalue weighted by Crippen LogP contribution is 2.41. The molecule has 116 valence electrons. The van der Waals surface area contributed by atoms with Crippen LogP contribution in [-0.4, -0.2) is 30.9 Å². The van der Waals surface area contributed by atoms with E-state index in [-0.39, 0.29) is 23.3 Å². The summed E-state index contributed by atoms with van der Waals surface area (Å²) in [6.45, 7) is 1.87. The van der Waals surface area contributed by atoms with Gasteiger partial charge in [-0.3, -0.25) is 9.69 Å². The number of hydrogen-bond acceptors (Lipinski definition) is 2. The predicted molar refractivity (Wildman–Crippen MR) is 82.5 cm³/mol. The minimum Gasteiger partial charge on any atom is -0.353 e. The van der Waals surface area contributed by atoms with Crippen LogP contribution >= 0.6 is 0 Å². The molecule has 1 aromatic carbocycles. The molecule has 0 heterocycles. The van der Waals surface area contributed by atoms with E-state index in [2.05, 4.69) is 24.3 Å². The van der Waals surface area contributed by atoms with Crippen LogP contribution in [0.1, 0.15) is 44.6 Å². The highest BCUT2D eigenvalue weighted by atomic mass is 19.1. The van der Waals surface area contributed by atoms with Gasteiger partial charge in [-0.1, -0.05) is 19.1 Å². The van der Waals surface area contributed by atoms with Crippen LogP contribution in [0.15, 0.2) is 24.3 Å². The van der Waals surface area contributed by atoms with E-state index in [4.69, 9.17) is 0 Å². The first-order valence-electron chi connectivity index (χ1n) is 7.71. The molecule has 21 heavy (non-hydrogen) atoms. The Balaban J connectivity index is 2.14. The summed E-state index contributed by atoms with van der Waals surface area (Å²) in [5.74, 6) is -0.0711. The Bertz CT molecular complexity index is 493. The average Bonchev–Trinajstić information content (AvgIpc) is 2.47. The molecule has 1 aliphatic carbocycles. The molecule has 2 rings (SSSR count). The number of benzene rings is 1. The van der Waals surface area contributed by atoms with Crippen molar-refractivity contribution in [2.24, 2.45) is 0 Å². The number of amides is 1. The standard InChI is InChI=1S/C17H25FN2O/c1-4-16(21)19-15-8-10-17(11-9-15,20(2)3)13-6-5-7-14(18)12-13/h5-7,12,15H,4,8-11H2,1-3H3,(H,19,21). The second-order valence-electron chi connectivity index (χ2n) is 6.13. The van der Waals surface area contributed by atoms with Crippen molar-refractivity contribution in [1.29, 1.82) is 0 Å². The number of halogens is 1. The molecule has 0 radical (unpaired) electrons. The second kappa shape index (κ2) is 6.56. The normalized spacial score (nSPS) is 25.9. The van der Waals surface area contributed by atoms with Crippen LogP contribution < -0.4 is 5.32 Å². The van der Waals surface area contributed by atoms with Crippen molar-refractivity contribution in [2.75, 3.05) is 14.1 Å². The van der Waals surface area contributed by atoms with Crippen molar-refractivity contribution in [1.82, 2.24) is 10.2 Å². The first-order chi connectivity index (χ1) is 9.98. The third-order valence-corrected chi connectivity index (χ3v) is 4.72. The Morgan fingerprint density at radius 1 is 1.38 bits per heavy atom. The quantitative estimate of drug-likeness (QED) is 0.925. The molecule has 4 heteroatoms. The smallest absolute Gasteiger partial charge is 0.219 e. The van der Waals surface area contributed by atoms with Crippen molar-refractivity contribution in [3.05, 3.63) is 35.6 Å². The number of nitrogens with one attached hydrogen (secondary N) is 1. The van der Waals surface area contributed by atoms with Gasteiger partial charge in [-0.2, -0.15) is 0 Å². The first kappa shape index (κ1) is 16.0. The maximum absolute atomic E-state index is 13.6. The third-order valence-electron chi connectivity index (χ3n) is 4.72. The van der Waals surface area contributed by atoms with Crippen molar-refractivity contribution < 1.29 is 9.18 Å². The van der Waals surface area contributed by atoms with Gasteiger partial charge in [0.2, 0.25) is 5.91 Å². The molecule has 1 N–H and O–H groups in total. The number of carbonyl (C=O) groups excluding carboxylic acids is 1. The van der Waals surface area contributed by atoms with Crippen LogP contribution in [0, 0.1) is 5.82 Å². The van der Waals surface area contributed by atoms with Gasteiger partial charge in [0.05, 0.1) is 0 Å². The average molecular weight is 292 g/mol. The number of hydrogen-bond donors (Lipinski definition) is 1. The minimum atomic E-state index is -0.185. The van der Waals surface area contributed by atoms with E-state index in [1.807, 2.05) is 13.0 Å². The lowest BCUT2D eigenvalue weighted by atomic mass is 9.74. The molecule has 1 saturated carbocycles. The molecule has 0 bridgehead atoms. The van der Waals surface area contributed by atoms with Crippen LogP contribution in [0.3, 0.4) is 0 Å². The van der Waals surface area contributed by atoms with Gasteiger partial charge in [0, 0.05) is 18.0 Å². The largest absolute Gasteiger partial charge is 0.353 e. The maximum atomic E-state index is 13.6. The lowest BCUT2D eigenvalue weighted by Gasteiger charge is -2.45. The summed E-state index contributed by atoms with van der Waals surface area (Å²) < 4.78 is 13.6. The summed E-state index contributed by atoms with van der Waals surface area (Å²) in [6, 6.07) is 7.17. The molecule has 1 amide bonds. The Morgan fingerprint density at radius 3 is 2.57 bits per heavy atom. The first-order valence-corrected chi connectivity index (χ1v) is 7.71. The topological polar surface area (TPSA) is 32.3 Å². The summed E-state index contributed by atoms with van der Waals surface area (Å²) in [7, 11) is 4.10. The van der Waals surface area contributed by atoms with Crippen molar-refractivity contribution in [3.8, 4) is 0 Å². The zero-order valence-electron chi connectivity index (χ0n) is 13.2. The van der Waals surface area contributed by atoms with E-state index >= 15 is 0 Å². The highest BCUT2D eigenvalue weighted by molar-refractivity contribution is 5.75. The van der Waals surface area contributed by atoms with Gasteiger partial charge in [0.1, 0.15) is 5.82 Å². The molecule has 1 aliphatic rings. The fourth-order valence-electron chi connectivity index (χ4n) is 3.34. The van der Waals surface area contributed by atoms with Gasteiger partial charge in [-0.05, 0) is 57.5 Å². The fraction of sp³-hybridized carbons (Fsp3) is 0.588. The van der Waals surface area contributed by atoms with E-state index in [9.17, 15) is 9.18 Å². The minimum absolute atomic E-state index is 0.114. The van der Waals surface area contributed by atoms with E-state index in [0.717, 1.165) is 31.2 Å². The molecule has 3 nitrogen and oxygen atoms in total. The molecule has 0 saturated heterocycles. The van der Waals surface area contributed by atoms with Crippen molar-refractivity contribution in [3.63, 3.8) is 0 Å². The van der Waals surface area contributed by atoms with Crippen molar-refractivity contribution in [2.45, 2.75) is 50.6 Å². The molecule has 1 aromatic rings. The Hall–Kier alpha value is -1.42. The lowest BCUT2D eigenvalue weighted by molar-refractivity contribution is -0.121. The molecule has 0 aliphatic heterocycles. The number of carbonyl (C=O) groups is 1. The van der Waals surface area contributed by atoms with Gasteiger partial charge < -0.3 is 5.32 Å². The predicted octanol–water partition coefficient (Wildman–Crippen LogP) is 3.05. The summed E-state index contributed by atoms with van der Waals surface area (Å²) >= 11 is 0. The molecule has 0 atom stereocenters. The maximum Gasteiger partial charge on any atom is 0.219 e. The van der Waals surface area contributed by atoms with E-state index in [0.29, 0.717) is 6.42 Å². The van der Waals surface area contributed by atoms with Gasteiger partial charge in [-0.25, -0.2) is 4.39 Å². The van der Waals surface area contributed by atoms with Crippen LogP contribution in [0.4, 0.5) is 4.39 Å². The van der Waals surface area contributed by atoms with E-state index in [1.54, 1.807) is 12.1 Å². The summed E-state index contributed by atoms with van der Waals surface area (Å²) in [4.78, 5) is 13.7. The molecule has 0 spiro atoms. The van der Waals surface area contributed by atoms with Gasteiger partial charge in [-0.15, -0.1) is 0 Å². The summed E-state index contributed by atoms with van der Waals surface area (Å²) in [5.41, 5.74) is 0.906. The van der Waals surface area contributed by atoms with Gasteiger partial charge >= 0.3 is 0 Å². The Labute approximate surface area is 126 Å². The molecular weight excluding hydrogens is 267 g/mol. The Kier molecular flexibility index (Phi) is 4.99. The fourth-order valence-corrected chi connectivity index (χ4v) is 3.34. The molecule has 1 fully saturated rings. The van der Waals surface area contributed by atoms with E-state index < -0.39 is 0 Å². The number of rotatable bonds is 4. The third kappa shape index (κ3) is 3.43. The molecular formula is C17H25FN2O. The van der Waals surface area contributed by atoms with Crippen LogP contribution in [-0.2, 0) is 10.3 Å². The van der Waals surface area contributed by atoms with Crippen molar-refractivity contribution >= 4 is 5.91 Å². The molecule has 0 aromatic heterocycles. The van der Waals surface area contributed by atoms with E-state index in [1.165, 1.54) is 6.07 Å². The zero-order chi connectivity index (χ0) is 15.5. The second-order valence-corrected chi connectivity index (χ2v) is 6.13. The number of nitrogens with zero attached hydrogens (tertiary/aromatic N) is 1. The van der Waals surface area contributed by atoms with Gasteiger partial charge in [0.15, 0.2) is 0 Å². The molecule has 0 unspecified atom stereocenters. The zero-order valence-corrected chi connectivity index (χ0v) is 13.2. The summed E-state index contributed by atoms with van der Waals surface area (Å²) in [5, 5.41) is 3.08. The Morgan fingerprint density at radius 2 is 2.05 bits per heavy atom.